The van der Waals surface area contributed by atoms with Crippen LogP contribution in [0.3, 0.4) is 0 Å². The summed E-state index contributed by atoms with van der Waals surface area (Å²) in [5, 5.41) is 1.48. The molecule has 156 valence electrons. The Hall–Kier alpha value is -2.58. The smallest absolute Gasteiger partial charge is 0.226 e. The van der Waals surface area contributed by atoms with E-state index < -0.39 is 5.66 Å². The molecule has 0 aromatic heterocycles. The molecule has 0 bridgehead atoms. The van der Waals surface area contributed by atoms with Gasteiger partial charge in [-0.25, -0.2) is 4.99 Å². The normalized spacial score (nSPS) is 16.3. The Labute approximate surface area is 182 Å². The van der Waals surface area contributed by atoms with E-state index in [1.807, 2.05) is 57.2 Å². The first-order valence-electron chi connectivity index (χ1n) is 9.26. The summed E-state index contributed by atoms with van der Waals surface area (Å²) < 4.78 is 5.96. The zero-order chi connectivity index (χ0) is 20.1. The molecular weight excluding hydrogens is 434 g/mol. The minimum atomic E-state index is -0.708. The molecule has 0 unspecified atom stereocenters. The molecule has 0 aliphatic carbocycles. The molecule has 3 rings (SSSR count). The summed E-state index contributed by atoms with van der Waals surface area (Å²) in [5.74, 6) is 1.30. The summed E-state index contributed by atoms with van der Waals surface area (Å²) in [6.07, 6.45) is 0. The van der Waals surface area contributed by atoms with Gasteiger partial charge in [0.15, 0.2) is 5.66 Å². The number of hydrogen-bond acceptors (Lipinski definition) is 7. The van der Waals surface area contributed by atoms with E-state index >= 15 is 0 Å². The van der Waals surface area contributed by atoms with Crippen LogP contribution in [0.5, 0.6) is 5.75 Å². The van der Waals surface area contributed by atoms with Crippen LogP contribution in [0, 0.1) is 5.92 Å². The number of guanidine groups is 2. The molecule has 1 heterocycles. The summed E-state index contributed by atoms with van der Waals surface area (Å²) in [5.41, 5.74) is 13.2. The van der Waals surface area contributed by atoms with Gasteiger partial charge in [-0.15, -0.1) is 17.0 Å². The molecule has 0 spiro atoms. The Morgan fingerprint density at radius 3 is 2.38 bits per heavy atom. The summed E-state index contributed by atoms with van der Waals surface area (Å²) in [7, 11) is 0. The van der Waals surface area contributed by atoms with Crippen LogP contribution in [0.4, 0.5) is 0 Å². The third-order valence-corrected chi connectivity index (χ3v) is 4.29. The van der Waals surface area contributed by atoms with Crippen LogP contribution >= 0.6 is 17.0 Å². The van der Waals surface area contributed by atoms with Crippen LogP contribution in [0.15, 0.2) is 64.6 Å². The van der Waals surface area contributed by atoms with Gasteiger partial charge in [0.1, 0.15) is 5.75 Å². The van der Waals surface area contributed by atoms with Gasteiger partial charge in [0, 0.05) is 5.92 Å². The van der Waals surface area contributed by atoms with Gasteiger partial charge >= 0.3 is 0 Å². The monoisotopic (exact) mass is 461 g/mol. The lowest BCUT2D eigenvalue weighted by atomic mass is 10.1. The number of rotatable bonds is 7. The average Bonchev–Trinajstić information content (AvgIpc) is 2.66. The predicted octanol–water partition coefficient (Wildman–Crippen LogP) is 3.56. The second-order valence-corrected chi connectivity index (χ2v) is 7.33. The first kappa shape index (κ1) is 22.7. The fourth-order valence-corrected chi connectivity index (χ4v) is 2.90. The topological polar surface area (TPSA) is 98.5 Å². The first-order chi connectivity index (χ1) is 13.3. The zero-order valence-corrected chi connectivity index (χ0v) is 18.6. The van der Waals surface area contributed by atoms with Crippen molar-refractivity contribution < 1.29 is 9.57 Å². The van der Waals surface area contributed by atoms with Gasteiger partial charge in [0.25, 0.3) is 0 Å². The first-order valence-corrected chi connectivity index (χ1v) is 9.26. The van der Waals surface area contributed by atoms with Gasteiger partial charge in [-0.05, 0) is 37.1 Å². The minimum absolute atomic E-state index is 0. The summed E-state index contributed by atoms with van der Waals surface area (Å²) in [6.45, 7) is 6.68. The maximum atomic E-state index is 5.96. The number of nitrogens with zero attached hydrogens (tertiary/aromatic N) is 3. The summed E-state index contributed by atoms with van der Waals surface area (Å²) in [6, 6.07) is 18.3. The van der Waals surface area contributed by atoms with Crippen molar-refractivity contribution in [2.75, 3.05) is 13.2 Å². The average molecular weight is 462 g/mol. The van der Waals surface area contributed by atoms with E-state index in [-0.39, 0.29) is 34.8 Å². The Morgan fingerprint density at radius 2 is 1.69 bits per heavy atom. The highest BCUT2D eigenvalue weighted by molar-refractivity contribution is 8.93. The zero-order valence-electron chi connectivity index (χ0n) is 16.9. The molecule has 4 N–H and O–H groups in total. The van der Waals surface area contributed by atoms with Crippen LogP contribution in [0.25, 0.3) is 11.1 Å². The number of halogens is 1. The molecule has 29 heavy (non-hydrogen) atoms. The maximum Gasteiger partial charge on any atom is 0.226 e. The summed E-state index contributed by atoms with van der Waals surface area (Å²) >= 11 is 0. The van der Waals surface area contributed by atoms with Gasteiger partial charge in [-0.3, -0.25) is 4.84 Å². The second-order valence-electron chi connectivity index (χ2n) is 7.33. The van der Waals surface area contributed by atoms with E-state index in [1.54, 1.807) is 0 Å². The fraction of sp³-hybridized carbons (Fsp3) is 0.333. The Kier molecular flexibility index (Phi) is 7.64. The Balaban J connectivity index is 0.00000300. The highest BCUT2D eigenvalue weighted by atomic mass is 79.9. The highest BCUT2D eigenvalue weighted by Crippen LogP contribution is 2.24. The number of aliphatic imine (C=N–C) groups is 2. The third-order valence-electron chi connectivity index (χ3n) is 4.29. The highest BCUT2D eigenvalue weighted by Gasteiger charge is 2.33. The molecule has 0 amide bonds. The lowest BCUT2D eigenvalue weighted by Crippen LogP contribution is -2.54. The van der Waals surface area contributed by atoms with Crippen molar-refractivity contribution >= 4 is 28.9 Å². The summed E-state index contributed by atoms with van der Waals surface area (Å²) in [4.78, 5) is 14.1. The Morgan fingerprint density at radius 1 is 1.00 bits per heavy atom. The standard InChI is InChI=1S/C21H27N5O2.BrH/c1-15(14-28-26-20(23)24-19(22)25-21(26,2)3)13-27-18-11-7-10-17(12-18)16-8-5-4-6-9-16;/h4-12,15H,13-14H2,1-3H3,(H4,22,23,24,25);1H/t15-;/m0./s1. The van der Waals surface area contributed by atoms with Crippen molar-refractivity contribution in [3.05, 3.63) is 54.6 Å². The molecule has 8 heteroatoms. The third kappa shape index (κ3) is 5.95. The van der Waals surface area contributed by atoms with Gasteiger partial charge in [-0.1, -0.05) is 49.4 Å². The number of hydroxylamine groups is 2. The predicted molar refractivity (Wildman–Crippen MR) is 122 cm³/mol. The number of hydrogen-bond donors (Lipinski definition) is 2. The van der Waals surface area contributed by atoms with E-state index in [1.165, 1.54) is 5.06 Å². The molecule has 7 nitrogen and oxygen atoms in total. The molecule has 1 aliphatic rings. The largest absolute Gasteiger partial charge is 0.493 e. The van der Waals surface area contributed by atoms with Gasteiger partial charge in [0.2, 0.25) is 11.9 Å². The fourth-order valence-electron chi connectivity index (χ4n) is 2.90. The van der Waals surface area contributed by atoms with E-state index in [9.17, 15) is 0 Å². The molecule has 2 aromatic carbocycles. The van der Waals surface area contributed by atoms with Crippen LogP contribution in [-0.2, 0) is 4.84 Å². The minimum Gasteiger partial charge on any atom is -0.493 e. The molecule has 1 atom stereocenters. The van der Waals surface area contributed by atoms with E-state index in [0.717, 1.165) is 16.9 Å². The van der Waals surface area contributed by atoms with Crippen molar-refractivity contribution in [3.63, 3.8) is 0 Å². The van der Waals surface area contributed by atoms with Crippen LogP contribution in [0.1, 0.15) is 20.8 Å². The number of benzene rings is 2. The SMILES string of the molecule is Br.C[C@@H](COc1cccc(-c2ccccc2)c1)CON1C(N)=NC(N)=NC1(C)C. The van der Waals surface area contributed by atoms with E-state index in [4.69, 9.17) is 21.0 Å². The van der Waals surface area contributed by atoms with E-state index in [2.05, 4.69) is 28.2 Å². The quantitative estimate of drug-likeness (QED) is 0.656. The lowest BCUT2D eigenvalue weighted by Gasteiger charge is -2.37. The molecular formula is C21H28BrN5O2. The molecule has 0 fully saturated rings. The van der Waals surface area contributed by atoms with Crippen molar-refractivity contribution in [3.8, 4) is 16.9 Å². The molecule has 2 aromatic rings. The molecule has 0 saturated carbocycles. The Bertz CT molecular complexity index is 870. The van der Waals surface area contributed by atoms with Crippen LogP contribution in [-0.4, -0.2) is 35.9 Å². The van der Waals surface area contributed by atoms with Crippen molar-refractivity contribution in [2.24, 2.45) is 27.4 Å². The molecule has 1 aliphatic heterocycles. The lowest BCUT2D eigenvalue weighted by molar-refractivity contribution is -0.167. The van der Waals surface area contributed by atoms with Gasteiger partial charge in [-0.2, -0.15) is 10.1 Å². The maximum absolute atomic E-state index is 5.96. The van der Waals surface area contributed by atoms with Crippen LogP contribution < -0.4 is 16.2 Å². The second kappa shape index (κ2) is 9.76. The molecule has 0 radical (unpaired) electrons. The van der Waals surface area contributed by atoms with E-state index in [0.29, 0.717) is 13.2 Å². The van der Waals surface area contributed by atoms with Crippen molar-refractivity contribution in [1.82, 2.24) is 5.06 Å². The van der Waals surface area contributed by atoms with Crippen LogP contribution in [0.2, 0.25) is 0 Å². The van der Waals surface area contributed by atoms with Crippen molar-refractivity contribution in [1.29, 1.82) is 0 Å². The molecule has 0 saturated heterocycles. The number of ether oxygens (including phenoxy) is 1. The number of nitrogens with two attached hydrogens (primary N) is 2. The van der Waals surface area contributed by atoms with Crippen molar-refractivity contribution in [2.45, 2.75) is 26.4 Å². The van der Waals surface area contributed by atoms with Gasteiger partial charge in [0.05, 0.1) is 13.2 Å². The van der Waals surface area contributed by atoms with Gasteiger partial charge < -0.3 is 16.2 Å².